The number of nitrogens with two attached hydrogens (primary N) is 1. The molecule has 0 aliphatic carbocycles. The fourth-order valence-electron chi connectivity index (χ4n) is 2.97. The zero-order chi connectivity index (χ0) is 17.8. The topological polar surface area (TPSA) is 46.3 Å². The predicted molar refractivity (Wildman–Crippen MR) is 95.1 cm³/mol. The van der Waals surface area contributed by atoms with Crippen LogP contribution in [0.2, 0.25) is 0 Å². The van der Waals surface area contributed by atoms with Crippen molar-refractivity contribution in [3.05, 3.63) is 65.7 Å². The number of hydrogen-bond acceptors (Lipinski definition) is 3. The van der Waals surface area contributed by atoms with Gasteiger partial charge in [-0.3, -0.25) is 4.79 Å². The second kappa shape index (κ2) is 7.97. The summed E-state index contributed by atoms with van der Waals surface area (Å²) in [4.78, 5) is 15.0. The molecule has 2 aromatic carbocycles. The maximum absolute atomic E-state index is 14.1. The molecule has 25 heavy (non-hydrogen) atoms. The van der Waals surface area contributed by atoms with E-state index in [0.29, 0.717) is 25.6 Å². The van der Waals surface area contributed by atoms with E-state index in [0.717, 1.165) is 41.9 Å². The smallest absolute Gasteiger partial charge is 0.240 e. The van der Waals surface area contributed by atoms with Gasteiger partial charge in [0, 0.05) is 18.0 Å². The number of likely N-dealkylation sites (tertiary alicyclic amines) is 1. The van der Waals surface area contributed by atoms with E-state index in [1.807, 2.05) is 30.3 Å². The van der Waals surface area contributed by atoms with Gasteiger partial charge < -0.3 is 10.6 Å². The lowest BCUT2D eigenvalue weighted by Gasteiger charge is -2.24. The van der Waals surface area contributed by atoms with E-state index in [1.165, 1.54) is 0 Å². The fraction of sp³-hybridized carbons (Fsp3) is 0.316. The Balaban J connectivity index is 1.88. The molecular weight excluding hydrogens is 342 g/mol. The van der Waals surface area contributed by atoms with E-state index >= 15 is 0 Å². The molecule has 0 spiro atoms. The first-order valence-electron chi connectivity index (χ1n) is 8.24. The molecule has 1 fully saturated rings. The van der Waals surface area contributed by atoms with Crippen molar-refractivity contribution < 1.29 is 13.6 Å². The summed E-state index contributed by atoms with van der Waals surface area (Å²) in [6.45, 7) is 1.81. The second-order valence-electron chi connectivity index (χ2n) is 6.16. The fourth-order valence-corrected chi connectivity index (χ4v) is 4.13. The van der Waals surface area contributed by atoms with Crippen LogP contribution < -0.4 is 5.73 Å². The van der Waals surface area contributed by atoms with Gasteiger partial charge in [0.2, 0.25) is 5.91 Å². The molecule has 0 saturated carbocycles. The summed E-state index contributed by atoms with van der Waals surface area (Å²) in [5, 5.41) is -0.617. The van der Waals surface area contributed by atoms with Crippen LogP contribution in [0.25, 0.3) is 0 Å². The van der Waals surface area contributed by atoms with Gasteiger partial charge in [-0.15, -0.1) is 11.8 Å². The molecule has 2 N–H and O–H groups in total. The van der Waals surface area contributed by atoms with E-state index in [2.05, 4.69) is 0 Å². The van der Waals surface area contributed by atoms with Gasteiger partial charge in [0.25, 0.3) is 0 Å². The van der Waals surface area contributed by atoms with E-state index in [9.17, 15) is 13.6 Å². The van der Waals surface area contributed by atoms with E-state index in [-0.39, 0.29) is 10.8 Å². The number of thioether (sulfide) groups is 1. The Morgan fingerprint density at radius 1 is 1.24 bits per heavy atom. The maximum Gasteiger partial charge on any atom is 0.240 e. The predicted octanol–water partition coefficient (Wildman–Crippen LogP) is 3.61. The van der Waals surface area contributed by atoms with Crippen molar-refractivity contribution in [3.63, 3.8) is 0 Å². The Hall–Kier alpha value is -1.92. The molecular formula is C19H20F2N2OS. The quantitative estimate of drug-likeness (QED) is 0.827. The third-order valence-electron chi connectivity index (χ3n) is 4.40. The van der Waals surface area contributed by atoms with Crippen LogP contribution in [-0.2, 0) is 4.79 Å². The third kappa shape index (κ3) is 4.19. The van der Waals surface area contributed by atoms with Crippen molar-refractivity contribution in [1.82, 2.24) is 4.90 Å². The van der Waals surface area contributed by atoms with Crippen LogP contribution in [0.15, 0.2) is 53.4 Å². The zero-order valence-corrected chi connectivity index (χ0v) is 14.5. The number of nitrogens with zero attached hydrogens (tertiary/aromatic N) is 1. The molecule has 1 amide bonds. The minimum atomic E-state index is -0.617. The summed E-state index contributed by atoms with van der Waals surface area (Å²) in [7, 11) is 0. The monoisotopic (exact) mass is 362 g/mol. The van der Waals surface area contributed by atoms with Crippen LogP contribution in [0.3, 0.4) is 0 Å². The molecule has 0 radical (unpaired) electrons. The molecule has 0 aromatic heterocycles. The van der Waals surface area contributed by atoms with E-state index in [4.69, 9.17) is 5.73 Å². The van der Waals surface area contributed by atoms with Gasteiger partial charge in [-0.25, -0.2) is 8.78 Å². The molecule has 3 nitrogen and oxygen atoms in total. The van der Waals surface area contributed by atoms with Crippen LogP contribution in [0, 0.1) is 17.6 Å². The number of carbonyl (C=O) groups is 1. The maximum atomic E-state index is 14.1. The van der Waals surface area contributed by atoms with Gasteiger partial charge in [-0.05, 0) is 42.6 Å². The molecule has 6 heteroatoms. The van der Waals surface area contributed by atoms with Crippen molar-refractivity contribution in [2.75, 3.05) is 19.6 Å². The lowest BCUT2D eigenvalue weighted by atomic mass is 10.1. The first kappa shape index (κ1) is 17.9. The highest BCUT2D eigenvalue weighted by Crippen LogP contribution is 2.39. The summed E-state index contributed by atoms with van der Waals surface area (Å²) in [5.41, 5.74) is 6.48. The van der Waals surface area contributed by atoms with Gasteiger partial charge in [-0.1, -0.05) is 30.3 Å². The Kier molecular flexibility index (Phi) is 5.71. The summed E-state index contributed by atoms with van der Waals surface area (Å²) in [5.74, 6) is -0.832. The van der Waals surface area contributed by atoms with Gasteiger partial charge in [0.1, 0.15) is 16.9 Å². The zero-order valence-electron chi connectivity index (χ0n) is 13.7. The number of hydrogen-bond donors (Lipinski definition) is 1. The normalized spacial score (nSPS) is 18.4. The molecule has 1 saturated heterocycles. The number of rotatable bonds is 5. The molecule has 0 bridgehead atoms. The van der Waals surface area contributed by atoms with Crippen molar-refractivity contribution in [3.8, 4) is 0 Å². The standard InChI is InChI=1S/C19H20F2N2OS/c20-15-6-7-16(21)17(10-15)25-18(14-4-2-1-3-5-14)19(24)23-9-8-13(11-22)12-23/h1-7,10,13,18H,8-9,11-12,22H2. The molecule has 2 aromatic rings. The van der Waals surface area contributed by atoms with Crippen LogP contribution in [0.5, 0.6) is 0 Å². The first-order chi connectivity index (χ1) is 12.1. The lowest BCUT2D eigenvalue weighted by Crippen LogP contribution is -2.33. The summed E-state index contributed by atoms with van der Waals surface area (Å²) in [6, 6.07) is 12.5. The molecule has 1 heterocycles. The molecule has 1 aliphatic rings. The molecule has 2 unspecified atom stereocenters. The minimum absolute atomic E-state index is 0.0872. The van der Waals surface area contributed by atoms with Crippen molar-refractivity contribution in [2.45, 2.75) is 16.6 Å². The largest absolute Gasteiger partial charge is 0.341 e. The van der Waals surface area contributed by atoms with Crippen LogP contribution >= 0.6 is 11.8 Å². The van der Waals surface area contributed by atoms with Gasteiger partial charge >= 0.3 is 0 Å². The Morgan fingerprint density at radius 3 is 2.68 bits per heavy atom. The number of benzene rings is 2. The van der Waals surface area contributed by atoms with Gasteiger partial charge in [-0.2, -0.15) is 0 Å². The van der Waals surface area contributed by atoms with E-state index < -0.39 is 16.9 Å². The molecule has 132 valence electrons. The van der Waals surface area contributed by atoms with Crippen LogP contribution in [0.1, 0.15) is 17.2 Å². The lowest BCUT2D eigenvalue weighted by molar-refractivity contribution is -0.129. The average molecular weight is 362 g/mol. The number of carbonyl (C=O) groups excluding carboxylic acids is 1. The SMILES string of the molecule is NCC1CCN(C(=O)C(Sc2cc(F)ccc2F)c2ccccc2)C1. The number of halogens is 2. The first-order valence-corrected chi connectivity index (χ1v) is 9.12. The Labute approximate surface area is 150 Å². The summed E-state index contributed by atoms with van der Waals surface area (Å²) in [6.07, 6.45) is 0.878. The van der Waals surface area contributed by atoms with Crippen molar-refractivity contribution in [1.29, 1.82) is 0 Å². The summed E-state index contributed by atoms with van der Waals surface area (Å²) < 4.78 is 27.6. The third-order valence-corrected chi connectivity index (χ3v) is 5.67. The molecule has 2 atom stereocenters. The Morgan fingerprint density at radius 2 is 2.00 bits per heavy atom. The van der Waals surface area contributed by atoms with Crippen molar-refractivity contribution in [2.24, 2.45) is 11.7 Å². The summed E-state index contributed by atoms with van der Waals surface area (Å²) >= 11 is 1.05. The van der Waals surface area contributed by atoms with Crippen molar-refractivity contribution >= 4 is 17.7 Å². The number of amides is 1. The highest BCUT2D eigenvalue weighted by molar-refractivity contribution is 8.00. The van der Waals surface area contributed by atoms with Crippen LogP contribution in [-0.4, -0.2) is 30.4 Å². The van der Waals surface area contributed by atoms with Gasteiger partial charge in [0.15, 0.2) is 0 Å². The van der Waals surface area contributed by atoms with Gasteiger partial charge in [0.05, 0.1) is 0 Å². The molecule has 1 aliphatic heterocycles. The molecule has 3 rings (SSSR count). The van der Waals surface area contributed by atoms with Crippen LogP contribution in [0.4, 0.5) is 8.78 Å². The Bertz CT molecular complexity index is 741. The average Bonchev–Trinajstić information content (AvgIpc) is 3.12. The second-order valence-corrected chi connectivity index (χ2v) is 7.30. The highest BCUT2D eigenvalue weighted by Gasteiger charge is 2.32. The minimum Gasteiger partial charge on any atom is -0.341 e. The highest BCUT2D eigenvalue weighted by atomic mass is 32.2. The van der Waals surface area contributed by atoms with E-state index in [1.54, 1.807) is 4.90 Å².